The van der Waals surface area contributed by atoms with Crippen molar-refractivity contribution in [1.82, 2.24) is 10.4 Å². The predicted octanol–water partition coefficient (Wildman–Crippen LogP) is 2.30. The SMILES string of the molecule is CS(=O)(=O)N(CC(=O)N/N=C\c1cccnc1)c1cc(Cl)ccc1Cl. The molecule has 0 bridgehead atoms. The fourth-order valence-electron chi connectivity index (χ4n) is 1.85. The second-order valence-electron chi connectivity index (χ2n) is 4.94. The summed E-state index contributed by atoms with van der Waals surface area (Å²) in [5, 5.41) is 4.21. The molecule has 0 unspecified atom stereocenters. The minimum atomic E-state index is -3.76. The lowest BCUT2D eigenvalue weighted by Crippen LogP contribution is -2.39. The Balaban J connectivity index is 2.14. The number of hydrazone groups is 1. The minimum absolute atomic E-state index is 0.114. The van der Waals surface area contributed by atoms with Gasteiger partial charge in [0.1, 0.15) is 6.54 Å². The molecule has 25 heavy (non-hydrogen) atoms. The highest BCUT2D eigenvalue weighted by atomic mass is 35.5. The lowest BCUT2D eigenvalue weighted by Gasteiger charge is -2.22. The first kappa shape index (κ1) is 19.2. The van der Waals surface area contributed by atoms with Crippen LogP contribution in [0.2, 0.25) is 10.0 Å². The lowest BCUT2D eigenvalue weighted by molar-refractivity contribution is -0.119. The summed E-state index contributed by atoms with van der Waals surface area (Å²) in [6.07, 6.45) is 5.53. The molecule has 1 aromatic carbocycles. The molecule has 1 N–H and O–H groups in total. The fourth-order valence-corrected chi connectivity index (χ4v) is 3.15. The van der Waals surface area contributed by atoms with Crippen molar-refractivity contribution < 1.29 is 13.2 Å². The number of carbonyl (C=O) groups excluding carboxylic acids is 1. The van der Waals surface area contributed by atoms with E-state index in [4.69, 9.17) is 23.2 Å². The van der Waals surface area contributed by atoms with Gasteiger partial charge in [0, 0.05) is 23.0 Å². The van der Waals surface area contributed by atoms with E-state index in [1.807, 2.05) is 0 Å². The van der Waals surface area contributed by atoms with Crippen molar-refractivity contribution in [3.8, 4) is 0 Å². The van der Waals surface area contributed by atoms with Gasteiger partial charge in [-0.05, 0) is 24.3 Å². The number of sulfonamides is 1. The van der Waals surface area contributed by atoms with Gasteiger partial charge in [0.2, 0.25) is 10.0 Å². The number of amides is 1. The van der Waals surface area contributed by atoms with Crippen LogP contribution in [0, 0.1) is 0 Å². The molecule has 7 nitrogen and oxygen atoms in total. The molecule has 0 saturated carbocycles. The van der Waals surface area contributed by atoms with Crippen LogP contribution in [0.25, 0.3) is 0 Å². The van der Waals surface area contributed by atoms with Gasteiger partial charge in [-0.1, -0.05) is 29.3 Å². The van der Waals surface area contributed by atoms with E-state index in [0.29, 0.717) is 10.6 Å². The third kappa shape index (κ3) is 5.70. The van der Waals surface area contributed by atoms with Crippen LogP contribution in [0.4, 0.5) is 5.69 Å². The van der Waals surface area contributed by atoms with Crippen LogP contribution in [0.3, 0.4) is 0 Å². The number of hydrogen-bond acceptors (Lipinski definition) is 5. The topological polar surface area (TPSA) is 91.7 Å². The molecule has 0 spiro atoms. The third-order valence-electron chi connectivity index (χ3n) is 2.95. The van der Waals surface area contributed by atoms with Crippen LogP contribution in [0.15, 0.2) is 47.8 Å². The van der Waals surface area contributed by atoms with E-state index >= 15 is 0 Å². The summed E-state index contributed by atoms with van der Waals surface area (Å²) in [7, 11) is -3.76. The summed E-state index contributed by atoms with van der Waals surface area (Å²) in [6, 6.07) is 7.81. The van der Waals surface area contributed by atoms with Crippen LogP contribution in [-0.4, -0.2) is 38.3 Å². The molecule has 0 fully saturated rings. The number of aromatic nitrogens is 1. The molecule has 2 rings (SSSR count). The Hall–Kier alpha value is -2.16. The number of anilines is 1. The number of rotatable bonds is 6. The van der Waals surface area contributed by atoms with Gasteiger partial charge in [-0.15, -0.1) is 0 Å². The van der Waals surface area contributed by atoms with E-state index in [2.05, 4.69) is 15.5 Å². The lowest BCUT2D eigenvalue weighted by atomic mass is 10.3. The molecule has 0 aliphatic heterocycles. The second-order valence-corrected chi connectivity index (χ2v) is 7.70. The van der Waals surface area contributed by atoms with Gasteiger partial charge in [-0.25, -0.2) is 13.8 Å². The molecule has 0 radical (unpaired) electrons. The minimum Gasteiger partial charge on any atom is -0.271 e. The second kappa shape index (κ2) is 8.28. The van der Waals surface area contributed by atoms with Crippen molar-refractivity contribution in [1.29, 1.82) is 0 Å². The maximum absolute atomic E-state index is 12.0. The summed E-state index contributed by atoms with van der Waals surface area (Å²) in [6.45, 7) is -0.497. The van der Waals surface area contributed by atoms with Crippen LogP contribution >= 0.6 is 23.2 Å². The van der Waals surface area contributed by atoms with E-state index in [-0.39, 0.29) is 10.7 Å². The molecule has 132 valence electrons. The molecule has 0 aliphatic rings. The van der Waals surface area contributed by atoms with Gasteiger partial charge in [-0.3, -0.25) is 14.1 Å². The number of benzene rings is 1. The summed E-state index contributed by atoms with van der Waals surface area (Å²) in [5.41, 5.74) is 3.05. The summed E-state index contributed by atoms with van der Waals surface area (Å²) in [5.74, 6) is -0.637. The Morgan fingerprint density at radius 2 is 2.12 bits per heavy atom. The summed E-state index contributed by atoms with van der Waals surface area (Å²) in [4.78, 5) is 15.9. The number of pyridine rings is 1. The van der Waals surface area contributed by atoms with Crippen molar-refractivity contribution in [3.05, 3.63) is 58.3 Å². The highest BCUT2D eigenvalue weighted by molar-refractivity contribution is 7.92. The fraction of sp³-hybridized carbons (Fsp3) is 0.133. The zero-order chi connectivity index (χ0) is 18.4. The molecular formula is C15H14Cl2N4O3S. The molecule has 1 heterocycles. The summed E-state index contributed by atoms with van der Waals surface area (Å²) < 4.78 is 24.9. The van der Waals surface area contributed by atoms with Gasteiger partial charge in [0.05, 0.1) is 23.2 Å². The molecular weight excluding hydrogens is 387 g/mol. The van der Waals surface area contributed by atoms with Crippen LogP contribution in [-0.2, 0) is 14.8 Å². The number of nitrogens with one attached hydrogen (secondary N) is 1. The normalized spacial score (nSPS) is 11.5. The van der Waals surface area contributed by atoms with Gasteiger partial charge in [0.25, 0.3) is 5.91 Å². The zero-order valence-corrected chi connectivity index (χ0v) is 15.4. The Morgan fingerprint density at radius 1 is 1.36 bits per heavy atom. The van der Waals surface area contributed by atoms with E-state index in [1.165, 1.54) is 24.4 Å². The first-order valence-electron chi connectivity index (χ1n) is 6.92. The Kier molecular flexibility index (Phi) is 6.35. The van der Waals surface area contributed by atoms with Gasteiger partial charge in [0.15, 0.2) is 0 Å². The largest absolute Gasteiger partial charge is 0.271 e. The zero-order valence-electron chi connectivity index (χ0n) is 13.1. The number of nitrogens with zero attached hydrogens (tertiary/aromatic N) is 3. The maximum atomic E-state index is 12.0. The van der Waals surface area contributed by atoms with Crippen molar-refractivity contribution in [2.45, 2.75) is 0 Å². The van der Waals surface area contributed by atoms with Gasteiger partial charge in [-0.2, -0.15) is 5.10 Å². The Morgan fingerprint density at radius 3 is 2.76 bits per heavy atom. The average molecular weight is 401 g/mol. The van der Waals surface area contributed by atoms with Crippen LogP contribution in [0.1, 0.15) is 5.56 Å². The van der Waals surface area contributed by atoms with E-state index in [0.717, 1.165) is 10.6 Å². The van der Waals surface area contributed by atoms with Crippen molar-refractivity contribution in [3.63, 3.8) is 0 Å². The molecule has 1 amide bonds. The van der Waals surface area contributed by atoms with E-state index in [1.54, 1.807) is 24.5 Å². The van der Waals surface area contributed by atoms with Crippen molar-refractivity contribution in [2.24, 2.45) is 5.10 Å². The van der Waals surface area contributed by atoms with E-state index in [9.17, 15) is 13.2 Å². The quantitative estimate of drug-likeness (QED) is 0.594. The smallest absolute Gasteiger partial charge is 0.260 e. The van der Waals surface area contributed by atoms with Crippen molar-refractivity contribution >= 4 is 51.0 Å². The molecule has 10 heteroatoms. The molecule has 0 aliphatic carbocycles. The Labute approximate surface area is 155 Å². The van der Waals surface area contributed by atoms with Gasteiger partial charge < -0.3 is 0 Å². The number of hydrogen-bond donors (Lipinski definition) is 1. The first-order chi connectivity index (χ1) is 11.8. The van der Waals surface area contributed by atoms with Gasteiger partial charge >= 0.3 is 0 Å². The van der Waals surface area contributed by atoms with Crippen LogP contribution < -0.4 is 9.73 Å². The molecule has 0 atom stereocenters. The molecule has 1 aromatic heterocycles. The van der Waals surface area contributed by atoms with Crippen molar-refractivity contribution in [2.75, 3.05) is 17.1 Å². The predicted molar refractivity (Wildman–Crippen MR) is 98.6 cm³/mol. The first-order valence-corrected chi connectivity index (χ1v) is 9.52. The van der Waals surface area contributed by atoms with Crippen LogP contribution in [0.5, 0.6) is 0 Å². The molecule has 0 saturated heterocycles. The highest BCUT2D eigenvalue weighted by Gasteiger charge is 2.23. The third-order valence-corrected chi connectivity index (χ3v) is 4.63. The Bertz CT molecular complexity index is 889. The monoisotopic (exact) mass is 400 g/mol. The summed E-state index contributed by atoms with van der Waals surface area (Å²) >= 11 is 11.9. The average Bonchev–Trinajstić information content (AvgIpc) is 2.55. The number of carbonyl (C=O) groups is 1. The number of halogens is 2. The highest BCUT2D eigenvalue weighted by Crippen LogP contribution is 2.30. The maximum Gasteiger partial charge on any atom is 0.260 e. The standard InChI is InChI=1S/C15H14Cl2N4O3S/c1-25(23,24)21(14-7-12(16)4-5-13(14)17)10-15(22)20-19-9-11-3-2-6-18-8-11/h2-9H,10H2,1H3,(H,20,22)/b19-9-. The van der Waals surface area contributed by atoms with E-state index < -0.39 is 22.5 Å². The molecule has 2 aromatic rings.